The molecule has 1 aliphatic rings. The summed E-state index contributed by atoms with van der Waals surface area (Å²) in [7, 11) is 0. The van der Waals surface area contributed by atoms with Crippen LogP contribution in [0, 0.1) is 0 Å². The lowest BCUT2D eigenvalue weighted by Crippen LogP contribution is -2.45. The van der Waals surface area contributed by atoms with Crippen LogP contribution in [0.25, 0.3) is 0 Å². The van der Waals surface area contributed by atoms with Crippen molar-refractivity contribution in [3.8, 4) is 0 Å². The second-order valence-electron chi connectivity index (χ2n) is 7.81. The SMILES string of the molecule is C=C1N(Cc2ccccc2)C(=O)N(Cc2ccccc2)C1(C)Cc1ccccc1. The van der Waals surface area contributed by atoms with Gasteiger partial charge in [0.2, 0.25) is 0 Å². The van der Waals surface area contributed by atoms with Gasteiger partial charge in [-0.25, -0.2) is 4.79 Å². The van der Waals surface area contributed by atoms with E-state index in [9.17, 15) is 4.79 Å². The molecule has 0 saturated carbocycles. The first-order valence-corrected chi connectivity index (χ1v) is 9.98. The number of hydrogen-bond acceptors (Lipinski definition) is 1. The average molecular weight is 383 g/mol. The molecule has 3 aromatic carbocycles. The molecule has 29 heavy (non-hydrogen) atoms. The fourth-order valence-corrected chi connectivity index (χ4v) is 4.05. The number of rotatable bonds is 6. The van der Waals surface area contributed by atoms with Gasteiger partial charge in [0.15, 0.2) is 0 Å². The molecule has 3 nitrogen and oxygen atoms in total. The third-order valence-electron chi connectivity index (χ3n) is 5.76. The van der Waals surface area contributed by atoms with Crippen LogP contribution in [0.2, 0.25) is 0 Å². The molecule has 1 fully saturated rings. The van der Waals surface area contributed by atoms with E-state index in [1.54, 1.807) is 0 Å². The number of carbonyl (C=O) groups is 1. The highest BCUT2D eigenvalue weighted by Gasteiger charge is 2.49. The van der Waals surface area contributed by atoms with Crippen LogP contribution < -0.4 is 0 Å². The second kappa shape index (κ2) is 7.96. The fourth-order valence-electron chi connectivity index (χ4n) is 4.05. The molecule has 0 spiro atoms. The standard InChI is InChI=1S/C26H26N2O/c1-21-26(2,18-22-12-6-3-7-13-22)28(20-24-16-10-5-11-17-24)25(29)27(21)19-23-14-8-4-9-15-23/h3-17H,1,18-20H2,2H3. The average Bonchev–Trinajstić information content (AvgIpc) is 2.92. The van der Waals surface area contributed by atoms with Gasteiger partial charge in [0.25, 0.3) is 0 Å². The van der Waals surface area contributed by atoms with Gasteiger partial charge in [-0.2, -0.15) is 0 Å². The Kier molecular flexibility index (Phi) is 5.22. The molecule has 1 heterocycles. The van der Waals surface area contributed by atoms with E-state index in [0.29, 0.717) is 13.1 Å². The second-order valence-corrected chi connectivity index (χ2v) is 7.81. The van der Waals surface area contributed by atoms with E-state index in [4.69, 9.17) is 0 Å². The maximum Gasteiger partial charge on any atom is 0.325 e. The van der Waals surface area contributed by atoms with E-state index < -0.39 is 5.54 Å². The first-order chi connectivity index (χ1) is 14.1. The van der Waals surface area contributed by atoms with Gasteiger partial charge in [0, 0.05) is 18.7 Å². The molecule has 2 amide bonds. The van der Waals surface area contributed by atoms with Crippen LogP contribution >= 0.6 is 0 Å². The van der Waals surface area contributed by atoms with Crippen LogP contribution in [0.3, 0.4) is 0 Å². The molecule has 1 atom stereocenters. The quantitative estimate of drug-likeness (QED) is 0.541. The monoisotopic (exact) mass is 382 g/mol. The van der Waals surface area contributed by atoms with E-state index in [0.717, 1.165) is 23.2 Å². The number of carbonyl (C=O) groups excluding carboxylic acids is 1. The van der Waals surface area contributed by atoms with Crippen LogP contribution in [0.4, 0.5) is 4.79 Å². The number of benzene rings is 3. The van der Waals surface area contributed by atoms with Crippen LogP contribution in [-0.4, -0.2) is 21.4 Å². The Labute approximate surface area is 172 Å². The third kappa shape index (κ3) is 3.81. The summed E-state index contributed by atoms with van der Waals surface area (Å²) in [6.45, 7) is 7.62. The summed E-state index contributed by atoms with van der Waals surface area (Å²) >= 11 is 0. The summed E-state index contributed by atoms with van der Waals surface area (Å²) in [5.74, 6) is 0. The Morgan fingerprint density at radius 2 is 1.17 bits per heavy atom. The fraction of sp³-hybridized carbons (Fsp3) is 0.192. The van der Waals surface area contributed by atoms with Crippen LogP contribution in [0.15, 0.2) is 103 Å². The van der Waals surface area contributed by atoms with E-state index >= 15 is 0 Å². The molecule has 1 unspecified atom stereocenters. The highest BCUT2D eigenvalue weighted by molar-refractivity contribution is 5.82. The van der Waals surface area contributed by atoms with E-state index in [1.165, 1.54) is 5.56 Å². The molecule has 146 valence electrons. The van der Waals surface area contributed by atoms with E-state index in [1.807, 2.05) is 64.4 Å². The maximum atomic E-state index is 13.5. The van der Waals surface area contributed by atoms with Crippen molar-refractivity contribution in [1.82, 2.24) is 9.80 Å². The first kappa shape index (κ1) is 19.0. The van der Waals surface area contributed by atoms with Gasteiger partial charge in [-0.1, -0.05) is 97.6 Å². The van der Waals surface area contributed by atoms with E-state index in [-0.39, 0.29) is 6.03 Å². The van der Waals surface area contributed by atoms with Crippen LogP contribution in [-0.2, 0) is 19.5 Å². The number of hydrogen-bond donors (Lipinski definition) is 0. The zero-order valence-corrected chi connectivity index (χ0v) is 16.8. The van der Waals surface area contributed by atoms with Crippen molar-refractivity contribution in [3.63, 3.8) is 0 Å². The lowest BCUT2D eigenvalue weighted by Gasteiger charge is -2.34. The molecule has 0 bridgehead atoms. The Balaban J connectivity index is 1.68. The topological polar surface area (TPSA) is 23.6 Å². The Bertz CT molecular complexity index is 985. The summed E-state index contributed by atoms with van der Waals surface area (Å²) in [5, 5.41) is 0. The minimum absolute atomic E-state index is 0.0149. The van der Waals surface area contributed by atoms with Crippen molar-refractivity contribution >= 4 is 6.03 Å². The molecular weight excluding hydrogens is 356 g/mol. The molecule has 0 radical (unpaired) electrons. The Morgan fingerprint density at radius 3 is 1.69 bits per heavy atom. The van der Waals surface area contributed by atoms with Crippen molar-refractivity contribution in [2.75, 3.05) is 0 Å². The predicted molar refractivity (Wildman–Crippen MR) is 117 cm³/mol. The third-order valence-corrected chi connectivity index (χ3v) is 5.76. The lowest BCUT2D eigenvalue weighted by molar-refractivity contribution is 0.161. The number of urea groups is 1. The minimum atomic E-state index is -0.483. The largest absolute Gasteiger partial charge is 0.325 e. The van der Waals surface area contributed by atoms with Gasteiger partial charge in [-0.3, -0.25) is 4.90 Å². The van der Waals surface area contributed by atoms with Gasteiger partial charge >= 0.3 is 6.03 Å². The minimum Gasteiger partial charge on any atom is -0.309 e. The van der Waals surface area contributed by atoms with Crippen molar-refractivity contribution in [3.05, 3.63) is 120 Å². The molecule has 0 aliphatic carbocycles. The molecule has 1 aliphatic heterocycles. The van der Waals surface area contributed by atoms with Gasteiger partial charge in [-0.05, 0) is 23.6 Å². The van der Waals surface area contributed by atoms with Crippen molar-refractivity contribution in [1.29, 1.82) is 0 Å². The Morgan fingerprint density at radius 1 is 0.724 bits per heavy atom. The lowest BCUT2D eigenvalue weighted by atomic mass is 9.89. The van der Waals surface area contributed by atoms with Crippen molar-refractivity contribution in [2.45, 2.75) is 32.0 Å². The summed E-state index contributed by atoms with van der Waals surface area (Å²) in [4.78, 5) is 17.3. The predicted octanol–water partition coefficient (Wildman–Crippen LogP) is 5.64. The normalized spacial score (nSPS) is 19.1. The summed E-state index contributed by atoms with van der Waals surface area (Å²) < 4.78 is 0. The summed E-state index contributed by atoms with van der Waals surface area (Å²) in [6.07, 6.45) is 0.733. The highest BCUT2D eigenvalue weighted by atomic mass is 16.2. The van der Waals surface area contributed by atoms with Gasteiger partial charge in [0.1, 0.15) is 0 Å². The van der Waals surface area contributed by atoms with Crippen molar-refractivity contribution < 1.29 is 4.79 Å². The van der Waals surface area contributed by atoms with Crippen LogP contribution in [0.1, 0.15) is 23.6 Å². The molecule has 1 saturated heterocycles. The Hall–Kier alpha value is -3.33. The molecule has 0 aromatic heterocycles. The van der Waals surface area contributed by atoms with Gasteiger partial charge in [-0.15, -0.1) is 0 Å². The summed E-state index contributed by atoms with van der Waals surface area (Å²) in [6, 6.07) is 30.6. The highest BCUT2D eigenvalue weighted by Crippen LogP contribution is 2.39. The van der Waals surface area contributed by atoms with Gasteiger partial charge < -0.3 is 4.90 Å². The number of nitrogens with zero attached hydrogens (tertiary/aromatic N) is 2. The van der Waals surface area contributed by atoms with Crippen molar-refractivity contribution in [2.24, 2.45) is 0 Å². The number of amides is 2. The maximum absolute atomic E-state index is 13.5. The first-order valence-electron chi connectivity index (χ1n) is 9.98. The smallest absolute Gasteiger partial charge is 0.309 e. The van der Waals surface area contributed by atoms with Gasteiger partial charge in [0.05, 0.1) is 12.1 Å². The summed E-state index contributed by atoms with van der Waals surface area (Å²) in [5.41, 5.74) is 3.79. The molecular formula is C26H26N2O. The van der Waals surface area contributed by atoms with Crippen LogP contribution in [0.5, 0.6) is 0 Å². The zero-order chi connectivity index (χ0) is 20.3. The molecule has 0 N–H and O–H groups in total. The molecule has 4 rings (SSSR count). The van der Waals surface area contributed by atoms with E-state index in [2.05, 4.69) is 49.9 Å². The molecule has 3 aromatic rings. The zero-order valence-electron chi connectivity index (χ0n) is 16.8. The molecule has 3 heteroatoms.